The van der Waals surface area contributed by atoms with Crippen LogP contribution >= 0.6 is 0 Å². The molecule has 1 N–H and O–H groups in total. The van der Waals surface area contributed by atoms with E-state index in [0.717, 1.165) is 33.3 Å². The van der Waals surface area contributed by atoms with E-state index in [9.17, 15) is 10.1 Å². The van der Waals surface area contributed by atoms with Crippen LogP contribution in [0.4, 0.5) is 5.69 Å². The van der Waals surface area contributed by atoms with E-state index >= 15 is 0 Å². The van der Waals surface area contributed by atoms with Crippen molar-refractivity contribution < 1.29 is 14.4 Å². The molecule has 0 unspecified atom stereocenters. The van der Waals surface area contributed by atoms with Crippen LogP contribution in [0.5, 0.6) is 11.5 Å². The minimum absolute atomic E-state index is 0.101. The van der Waals surface area contributed by atoms with Crippen molar-refractivity contribution in [2.45, 2.75) is 27.4 Å². The van der Waals surface area contributed by atoms with Crippen LogP contribution in [0.3, 0.4) is 0 Å². The molecule has 0 saturated heterocycles. The van der Waals surface area contributed by atoms with Gasteiger partial charge in [0.1, 0.15) is 12.4 Å². The van der Waals surface area contributed by atoms with Gasteiger partial charge in [0.05, 0.1) is 23.1 Å². The lowest BCUT2D eigenvalue weighted by Crippen LogP contribution is -2.03. The Balaban J connectivity index is 1.75. The fraction of sp³-hybridized carbons (Fsp3) is 0.208. The van der Waals surface area contributed by atoms with Crippen molar-refractivity contribution in [2.75, 3.05) is 7.11 Å². The van der Waals surface area contributed by atoms with Crippen molar-refractivity contribution in [3.8, 4) is 22.9 Å². The van der Waals surface area contributed by atoms with Gasteiger partial charge in [-0.3, -0.25) is 10.1 Å². The van der Waals surface area contributed by atoms with Crippen molar-refractivity contribution in [3.63, 3.8) is 0 Å². The number of benzene rings is 3. The van der Waals surface area contributed by atoms with Crippen LogP contribution in [0.25, 0.3) is 22.4 Å². The standard InChI is InChI=1S/C24H23N3O4/c1-14-5-7-16(3)18(9-14)13-31-23-21(27(28)29)11-17(12-22(23)30-4)24-25-19-8-6-15(2)10-20(19)26-24/h5-12H,13H2,1-4H3,(H,25,26). The fourth-order valence-electron chi connectivity index (χ4n) is 3.52. The normalized spacial score (nSPS) is 11.0. The minimum atomic E-state index is -0.461. The number of nitrogens with one attached hydrogen (secondary N) is 1. The van der Waals surface area contributed by atoms with Gasteiger partial charge in [-0.25, -0.2) is 4.98 Å². The van der Waals surface area contributed by atoms with E-state index in [0.29, 0.717) is 11.4 Å². The van der Waals surface area contributed by atoms with E-state index in [1.807, 2.05) is 57.2 Å². The molecule has 1 aromatic heterocycles. The first-order valence-electron chi connectivity index (χ1n) is 9.88. The molecular formula is C24H23N3O4. The summed E-state index contributed by atoms with van der Waals surface area (Å²) in [7, 11) is 1.47. The lowest BCUT2D eigenvalue weighted by atomic mass is 10.1. The van der Waals surface area contributed by atoms with E-state index in [1.165, 1.54) is 13.2 Å². The van der Waals surface area contributed by atoms with Gasteiger partial charge in [0.2, 0.25) is 5.75 Å². The first-order chi connectivity index (χ1) is 14.9. The summed E-state index contributed by atoms with van der Waals surface area (Å²) in [6, 6.07) is 15.1. The molecule has 0 amide bonds. The summed E-state index contributed by atoms with van der Waals surface area (Å²) >= 11 is 0. The molecule has 0 fully saturated rings. The summed E-state index contributed by atoms with van der Waals surface area (Å²) in [6.45, 7) is 6.18. The summed E-state index contributed by atoms with van der Waals surface area (Å²) in [4.78, 5) is 19.2. The summed E-state index contributed by atoms with van der Waals surface area (Å²) < 4.78 is 11.4. The third kappa shape index (κ3) is 4.07. The van der Waals surface area contributed by atoms with Gasteiger partial charge >= 0.3 is 5.69 Å². The second kappa shape index (κ2) is 8.10. The second-order valence-corrected chi connectivity index (χ2v) is 7.61. The lowest BCUT2D eigenvalue weighted by molar-refractivity contribution is -0.386. The van der Waals surface area contributed by atoms with Crippen LogP contribution in [0.15, 0.2) is 48.5 Å². The van der Waals surface area contributed by atoms with Crippen LogP contribution in [-0.2, 0) is 6.61 Å². The van der Waals surface area contributed by atoms with Crippen molar-refractivity contribution in [1.82, 2.24) is 9.97 Å². The molecule has 1 heterocycles. The quantitative estimate of drug-likeness (QED) is 0.323. The molecule has 0 spiro atoms. The summed E-state index contributed by atoms with van der Waals surface area (Å²) in [5, 5.41) is 11.9. The van der Waals surface area contributed by atoms with Gasteiger partial charge in [-0.1, -0.05) is 29.8 Å². The van der Waals surface area contributed by atoms with Crippen molar-refractivity contribution in [1.29, 1.82) is 0 Å². The molecule has 4 rings (SSSR count). The summed E-state index contributed by atoms with van der Waals surface area (Å²) in [5.41, 5.74) is 6.26. The van der Waals surface area contributed by atoms with Gasteiger partial charge in [-0.15, -0.1) is 0 Å². The Morgan fingerprint density at radius 3 is 2.52 bits per heavy atom. The molecule has 158 valence electrons. The third-order valence-corrected chi connectivity index (χ3v) is 5.24. The zero-order valence-electron chi connectivity index (χ0n) is 17.9. The predicted octanol–water partition coefficient (Wildman–Crippen LogP) is 5.65. The van der Waals surface area contributed by atoms with E-state index in [2.05, 4.69) is 9.97 Å². The molecule has 7 nitrogen and oxygen atoms in total. The SMILES string of the molecule is COc1cc(-c2nc3ccc(C)cc3[nH]2)cc([N+](=O)[O-])c1OCc1cc(C)ccc1C. The zero-order chi connectivity index (χ0) is 22.1. The molecule has 31 heavy (non-hydrogen) atoms. The number of fused-ring (bicyclic) bond motifs is 1. The Morgan fingerprint density at radius 1 is 1.03 bits per heavy atom. The van der Waals surface area contributed by atoms with Crippen LogP contribution in [0, 0.1) is 30.9 Å². The van der Waals surface area contributed by atoms with Crippen molar-refractivity contribution >= 4 is 16.7 Å². The molecule has 0 aliphatic rings. The van der Waals surface area contributed by atoms with Crippen molar-refractivity contribution in [3.05, 3.63) is 80.9 Å². The molecule has 0 bridgehead atoms. The number of rotatable bonds is 6. The van der Waals surface area contributed by atoms with Gasteiger partial charge < -0.3 is 14.5 Å². The van der Waals surface area contributed by atoms with E-state index in [4.69, 9.17) is 9.47 Å². The van der Waals surface area contributed by atoms with Gasteiger partial charge in [0.25, 0.3) is 0 Å². The maximum absolute atomic E-state index is 11.9. The van der Waals surface area contributed by atoms with Crippen LogP contribution in [0.1, 0.15) is 22.3 Å². The number of ether oxygens (including phenoxy) is 2. The van der Waals surface area contributed by atoms with E-state index < -0.39 is 4.92 Å². The molecule has 0 atom stereocenters. The van der Waals surface area contributed by atoms with Crippen LogP contribution in [0.2, 0.25) is 0 Å². The second-order valence-electron chi connectivity index (χ2n) is 7.61. The first-order valence-corrected chi connectivity index (χ1v) is 9.88. The van der Waals surface area contributed by atoms with Gasteiger partial charge in [0.15, 0.2) is 5.75 Å². The molecule has 7 heteroatoms. The number of nitrogens with zero attached hydrogens (tertiary/aromatic N) is 2. The Morgan fingerprint density at radius 2 is 1.77 bits per heavy atom. The number of aromatic nitrogens is 2. The maximum Gasteiger partial charge on any atom is 0.315 e. The Labute approximate surface area is 179 Å². The van der Waals surface area contributed by atoms with Gasteiger partial charge in [-0.05, 0) is 55.7 Å². The fourth-order valence-corrected chi connectivity index (χ4v) is 3.52. The molecule has 0 saturated carbocycles. The molecule has 4 aromatic rings. The average Bonchev–Trinajstić information content (AvgIpc) is 3.16. The number of aromatic amines is 1. The molecule has 0 aliphatic heterocycles. The lowest BCUT2D eigenvalue weighted by Gasteiger charge is -2.14. The zero-order valence-corrected chi connectivity index (χ0v) is 17.9. The minimum Gasteiger partial charge on any atom is -0.493 e. The number of methoxy groups -OCH3 is 1. The van der Waals surface area contributed by atoms with Gasteiger partial charge in [0, 0.05) is 11.6 Å². The number of H-pyrrole nitrogens is 1. The highest BCUT2D eigenvalue weighted by molar-refractivity contribution is 5.81. The van der Waals surface area contributed by atoms with Gasteiger partial charge in [-0.2, -0.15) is 0 Å². The molecule has 3 aromatic carbocycles. The Kier molecular flexibility index (Phi) is 5.33. The average molecular weight is 417 g/mol. The van der Waals surface area contributed by atoms with Crippen LogP contribution in [-0.4, -0.2) is 22.0 Å². The Bertz CT molecular complexity index is 1290. The smallest absolute Gasteiger partial charge is 0.315 e. The predicted molar refractivity (Wildman–Crippen MR) is 120 cm³/mol. The number of hydrogen-bond acceptors (Lipinski definition) is 5. The van der Waals surface area contributed by atoms with Crippen molar-refractivity contribution in [2.24, 2.45) is 0 Å². The van der Waals surface area contributed by atoms with Crippen LogP contribution < -0.4 is 9.47 Å². The summed E-state index contributed by atoms with van der Waals surface area (Å²) in [6.07, 6.45) is 0. The number of hydrogen-bond donors (Lipinski definition) is 1. The Hall–Kier alpha value is -3.87. The molecule has 0 radical (unpaired) electrons. The number of nitro groups is 1. The largest absolute Gasteiger partial charge is 0.493 e. The third-order valence-electron chi connectivity index (χ3n) is 5.24. The molecule has 0 aliphatic carbocycles. The maximum atomic E-state index is 11.9. The monoisotopic (exact) mass is 417 g/mol. The number of aryl methyl sites for hydroxylation is 3. The number of imidazole rings is 1. The summed E-state index contributed by atoms with van der Waals surface area (Å²) in [5.74, 6) is 0.915. The highest BCUT2D eigenvalue weighted by atomic mass is 16.6. The topological polar surface area (TPSA) is 90.3 Å². The van der Waals surface area contributed by atoms with E-state index in [1.54, 1.807) is 6.07 Å². The highest BCUT2D eigenvalue weighted by Gasteiger charge is 2.24. The highest BCUT2D eigenvalue weighted by Crippen LogP contribution is 2.41. The molecular weight excluding hydrogens is 394 g/mol. The first kappa shape index (κ1) is 20.4. The van der Waals surface area contributed by atoms with E-state index in [-0.39, 0.29) is 23.8 Å². The number of nitro benzene ring substituents is 1.